The quantitative estimate of drug-likeness (QED) is 0.0282. The minimum atomic E-state index is -1.99. The lowest BCUT2D eigenvalue weighted by Crippen LogP contribution is -2.62. The van der Waals surface area contributed by atoms with Crippen LogP contribution < -0.4 is 64.6 Å². The molecule has 14 atom stereocenters. The molecule has 1 aliphatic rings. The third kappa shape index (κ3) is 24.9. The van der Waals surface area contributed by atoms with Crippen LogP contribution >= 0.6 is 0 Å². The molecule has 33 heteroatoms. The van der Waals surface area contributed by atoms with Crippen LogP contribution in [0.3, 0.4) is 0 Å². The van der Waals surface area contributed by atoms with Crippen molar-refractivity contribution in [1.29, 1.82) is 0 Å². The number of fused-ring (bicyclic) bond motifs is 1. The molecule has 1 fully saturated rings. The van der Waals surface area contributed by atoms with Crippen LogP contribution in [0.25, 0.3) is 10.9 Å². The number of aliphatic hydroxyl groups excluding tert-OH is 1. The Morgan fingerprint density at radius 2 is 1.14 bits per heavy atom. The zero-order valence-corrected chi connectivity index (χ0v) is 56.1. The lowest BCUT2D eigenvalue weighted by atomic mass is 9.96. The van der Waals surface area contributed by atoms with Gasteiger partial charge < -0.3 is 94.9 Å². The van der Waals surface area contributed by atoms with Crippen molar-refractivity contribution in [3.63, 3.8) is 0 Å². The fraction of sp³-hybridized carbons (Fsp3) is 0.554. The topological polar surface area (TPSA) is 528 Å². The maximum atomic E-state index is 14.6. The van der Waals surface area contributed by atoms with E-state index in [4.69, 9.17) is 11.5 Å². The Kier molecular flexibility index (Phi) is 31.7. The van der Waals surface area contributed by atoms with Gasteiger partial charge in [0.2, 0.25) is 70.9 Å². The first-order valence-corrected chi connectivity index (χ1v) is 32.4. The van der Waals surface area contributed by atoms with Crippen molar-refractivity contribution in [2.45, 2.75) is 199 Å². The Balaban J connectivity index is 1.52. The van der Waals surface area contributed by atoms with E-state index in [-0.39, 0.29) is 51.0 Å². The molecular weight excluding hydrogens is 1280 g/mol. The van der Waals surface area contributed by atoms with Gasteiger partial charge in [0.15, 0.2) is 0 Å². The highest BCUT2D eigenvalue weighted by atomic mass is 16.4. The maximum Gasteiger partial charge on any atom is 0.326 e. The third-order valence-electron chi connectivity index (χ3n) is 16.7. The Bertz CT molecular complexity index is 3350. The fourth-order valence-corrected chi connectivity index (χ4v) is 10.8. The molecule has 19 N–H and O–H groups in total. The number of para-hydroxylation sites is 1. The summed E-state index contributed by atoms with van der Waals surface area (Å²) in [4.78, 5) is 205. The number of hydrogen-bond donors (Lipinski definition) is 17. The molecule has 0 radical (unpaired) electrons. The number of nitrogens with zero attached hydrogens (tertiary/aromatic N) is 1. The van der Waals surface area contributed by atoms with Gasteiger partial charge in [0.1, 0.15) is 60.4 Å². The summed E-state index contributed by atoms with van der Waals surface area (Å²) < 4.78 is 0. The summed E-state index contributed by atoms with van der Waals surface area (Å²) in [5.41, 5.74) is 14.0. The van der Waals surface area contributed by atoms with Gasteiger partial charge in [0.05, 0.1) is 31.5 Å². The molecule has 2 heterocycles. The van der Waals surface area contributed by atoms with Crippen LogP contribution in [0.5, 0.6) is 0 Å². The largest absolute Gasteiger partial charge is 0.481 e. The van der Waals surface area contributed by atoms with Crippen molar-refractivity contribution in [3.8, 4) is 0 Å². The summed E-state index contributed by atoms with van der Waals surface area (Å²) in [6, 6.07) is -1.25. The third-order valence-corrected chi connectivity index (χ3v) is 16.7. The number of carboxylic acids is 3. The van der Waals surface area contributed by atoms with Crippen molar-refractivity contribution in [2.75, 3.05) is 13.1 Å². The molecule has 98 heavy (non-hydrogen) atoms. The summed E-state index contributed by atoms with van der Waals surface area (Å²) in [5.74, 6) is -17.7. The molecule has 2 aromatic carbocycles. The number of nitrogens with two attached hydrogens (primary N) is 2. The highest BCUT2D eigenvalue weighted by Gasteiger charge is 2.42. The lowest BCUT2D eigenvalue weighted by molar-refractivity contribution is -0.145. The summed E-state index contributed by atoms with van der Waals surface area (Å²) in [6.45, 7) is 11.5. The standard InChI is InChI=1S/C65H94N14O19/c1-9-33(5)52(76-57(89)42(22-23-50(83)84)71-58(90)43(25-32(3)4)72-56(88)40(66)27-38-30-68-41-20-15-14-19-39(38)41)63(95)74-44(26-37-17-12-11-13-18-37)59(91)75-46(28-48(67)81)64(96)79-24-16-21-47(79)61(93)73-45(29-51(85)86)60(92)78-54(36(8)80)62(94)69-31-49(82)70-35(7)55(87)77-53(65(97)98)34(6)10-2/h11-15,17-20,30,32-36,40,42-47,52-54,68,80H,9-10,16,21-29,31,66H2,1-8H3,(H2,67,81)(H,69,94)(H,70,82)(H,71,90)(H,72,88)(H,73,93)(H,74,95)(H,75,91)(H,76,89)(H,77,87)(H,78,92)(H,83,84)(H,85,86)(H,97,98)/t33-,34-,35-,36+,40-,42-,43-,44-,45-,46-,47-,52-,53-,54-/m0/s1. The molecule has 0 unspecified atom stereocenters. The van der Waals surface area contributed by atoms with E-state index in [2.05, 4.69) is 58.2 Å². The highest BCUT2D eigenvalue weighted by Crippen LogP contribution is 2.22. The number of H-pyrrole nitrogens is 1. The van der Waals surface area contributed by atoms with Gasteiger partial charge in [-0.25, -0.2) is 4.79 Å². The Hall–Kier alpha value is -10.1. The average molecular weight is 1380 g/mol. The van der Waals surface area contributed by atoms with Gasteiger partial charge in [-0.05, 0) is 80.9 Å². The van der Waals surface area contributed by atoms with Crippen molar-refractivity contribution in [3.05, 3.63) is 71.9 Å². The van der Waals surface area contributed by atoms with E-state index in [1.54, 1.807) is 78.1 Å². The van der Waals surface area contributed by atoms with E-state index in [9.17, 15) is 92.3 Å². The molecule has 538 valence electrons. The number of aliphatic hydroxyl groups is 1. The van der Waals surface area contributed by atoms with Crippen LogP contribution in [0.15, 0.2) is 60.8 Å². The molecule has 0 spiro atoms. The van der Waals surface area contributed by atoms with Crippen LogP contribution in [-0.4, -0.2) is 205 Å². The molecule has 1 saturated heterocycles. The molecule has 1 aromatic heterocycles. The molecule has 3 aromatic rings. The van der Waals surface area contributed by atoms with E-state index in [1.807, 2.05) is 24.3 Å². The number of carboxylic acid groups (broad SMARTS) is 3. The minimum absolute atomic E-state index is 0.0702. The molecular formula is C65H94N14O19. The number of rotatable bonds is 40. The van der Waals surface area contributed by atoms with Gasteiger partial charge in [-0.1, -0.05) is 103 Å². The Morgan fingerprint density at radius 3 is 1.74 bits per heavy atom. The molecule has 1 aliphatic heterocycles. The highest BCUT2D eigenvalue weighted by molar-refractivity contribution is 6.01. The first-order valence-electron chi connectivity index (χ1n) is 32.4. The van der Waals surface area contributed by atoms with Crippen LogP contribution in [0.4, 0.5) is 0 Å². The van der Waals surface area contributed by atoms with Gasteiger partial charge in [0.25, 0.3) is 0 Å². The number of benzene rings is 2. The summed E-state index contributed by atoms with van der Waals surface area (Å²) in [6.07, 6.45) is -2.53. The van der Waals surface area contributed by atoms with E-state index < -0.39 is 205 Å². The van der Waals surface area contributed by atoms with Crippen molar-refractivity contribution < 1.29 is 92.3 Å². The Labute approximate surface area is 566 Å². The summed E-state index contributed by atoms with van der Waals surface area (Å²) >= 11 is 0. The molecule has 0 saturated carbocycles. The number of carbonyl (C=O) groups excluding carboxylic acids is 12. The second-order valence-electron chi connectivity index (χ2n) is 25.0. The summed E-state index contributed by atoms with van der Waals surface area (Å²) in [5, 5.41) is 64.6. The second kappa shape index (κ2) is 38.6. The number of aromatic amines is 1. The zero-order valence-electron chi connectivity index (χ0n) is 56.1. The van der Waals surface area contributed by atoms with E-state index in [0.29, 0.717) is 12.0 Å². The molecule has 33 nitrogen and oxygen atoms in total. The number of primary amides is 1. The molecule has 12 amide bonds. The number of amides is 12. The lowest BCUT2D eigenvalue weighted by Gasteiger charge is -2.31. The first-order chi connectivity index (χ1) is 46.1. The van der Waals surface area contributed by atoms with Gasteiger partial charge in [-0.15, -0.1) is 0 Å². The van der Waals surface area contributed by atoms with Crippen LogP contribution in [0.2, 0.25) is 0 Å². The maximum absolute atomic E-state index is 14.6. The normalized spacial score (nSPS) is 16.8. The van der Waals surface area contributed by atoms with E-state index in [1.165, 1.54) is 6.92 Å². The van der Waals surface area contributed by atoms with Crippen LogP contribution in [0, 0.1) is 17.8 Å². The van der Waals surface area contributed by atoms with Crippen molar-refractivity contribution in [1.82, 2.24) is 63.1 Å². The van der Waals surface area contributed by atoms with Gasteiger partial charge in [-0.2, -0.15) is 0 Å². The zero-order chi connectivity index (χ0) is 73.2. The minimum Gasteiger partial charge on any atom is -0.481 e. The number of aliphatic carboxylic acids is 3. The van der Waals surface area contributed by atoms with E-state index >= 15 is 0 Å². The first kappa shape index (κ1) is 80.4. The van der Waals surface area contributed by atoms with Gasteiger partial charge >= 0.3 is 17.9 Å². The SMILES string of the molecule is CC[C@H](C)[C@H](NC(=O)[C@H](C)NC(=O)CNC(=O)[C@@H](NC(=O)[C@H](CC(=O)O)NC(=O)[C@@H]1CCCN1C(=O)[C@H](CC(N)=O)NC(=O)[C@H](Cc1ccccc1)NC(=O)[C@@H](NC(=O)[C@H](CCC(=O)O)NC(=O)[C@H](CC(C)C)NC(=O)[C@@H](N)Cc1c[nH]c2ccccc12)[C@@H](C)CC)[C@@H](C)O)C(=O)O. The predicted octanol–water partition coefficient (Wildman–Crippen LogP) is -2.41. The smallest absolute Gasteiger partial charge is 0.326 e. The number of hydrogen-bond acceptors (Lipinski definition) is 17. The van der Waals surface area contributed by atoms with Crippen molar-refractivity contribution in [2.24, 2.45) is 29.2 Å². The average Bonchev–Trinajstić information content (AvgIpc) is 1.64. The Morgan fingerprint density at radius 1 is 0.582 bits per heavy atom. The molecule has 0 bridgehead atoms. The number of nitrogens with one attached hydrogen (secondary N) is 11. The predicted molar refractivity (Wildman–Crippen MR) is 352 cm³/mol. The van der Waals surface area contributed by atoms with E-state index in [0.717, 1.165) is 28.3 Å². The fourth-order valence-electron chi connectivity index (χ4n) is 10.8. The number of carbonyl (C=O) groups is 15. The van der Waals surface area contributed by atoms with Crippen LogP contribution in [0.1, 0.15) is 124 Å². The van der Waals surface area contributed by atoms with Crippen LogP contribution in [-0.2, 0) is 84.8 Å². The number of likely N-dealkylation sites (tertiary alicyclic amines) is 1. The van der Waals surface area contributed by atoms with Gasteiger partial charge in [-0.3, -0.25) is 67.1 Å². The van der Waals surface area contributed by atoms with Gasteiger partial charge in [0, 0.05) is 36.5 Å². The summed E-state index contributed by atoms with van der Waals surface area (Å²) in [7, 11) is 0. The number of aromatic nitrogens is 1. The second-order valence-corrected chi connectivity index (χ2v) is 25.0. The van der Waals surface area contributed by atoms with Crippen molar-refractivity contribution >= 4 is 99.7 Å². The monoisotopic (exact) mass is 1370 g/mol. The molecule has 0 aliphatic carbocycles. The molecule has 4 rings (SSSR count).